The summed E-state index contributed by atoms with van der Waals surface area (Å²) in [5, 5.41) is 25.5. The first kappa shape index (κ1) is 19.2. The van der Waals surface area contributed by atoms with E-state index < -0.39 is 0 Å². The Labute approximate surface area is 168 Å². The fourth-order valence-electron chi connectivity index (χ4n) is 2.77. The third-order valence-electron chi connectivity index (χ3n) is 4.13. The minimum absolute atomic E-state index is 0.0901. The van der Waals surface area contributed by atoms with Crippen LogP contribution < -0.4 is 9.88 Å². The van der Waals surface area contributed by atoms with Gasteiger partial charge in [0.1, 0.15) is 0 Å². The van der Waals surface area contributed by atoms with Gasteiger partial charge in [-0.25, -0.2) is 0 Å². The highest BCUT2D eigenvalue weighted by molar-refractivity contribution is 7.81. The monoisotopic (exact) mass is 397 g/mol. The van der Waals surface area contributed by atoms with Gasteiger partial charge in [-0.1, -0.05) is 36.0 Å². The fourth-order valence-corrected chi connectivity index (χ4v) is 3.75. The molecule has 0 saturated carbocycles. The number of hydrogen-bond acceptors (Lipinski definition) is 4. The maximum atomic E-state index is 10.9. The second-order valence-corrected chi connectivity index (χ2v) is 7.58. The highest BCUT2D eigenvalue weighted by Gasteiger charge is 2.25. The molecule has 3 aromatic rings. The van der Waals surface area contributed by atoms with Crippen LogP contribution in [0.4, 0.5) is 5.69 Å². The second kappa shape index (κ2) is 8.43. The molecular weight excluding hydrogens is 376 g/mol. The lowest BCUT2D eigenvalue weighted by molar-refractivity contribution is -0.576. The number of aryl methyl sites for hydroxylation is 2. The Hall–Kier alpha value is -2.54. The molecule has 0 aliphatic rings. The van der Waals surface area contributed by atoms with Gasteiger partial charge in [-0.15, -0.1) is 11.3 Å². The molecular formula is C21H21N2O2S2+. The lowest BCUT2D eigenvalue weighted by Gasteiger charge is -2.12. The van der Waals surface area contributed by atoms with Crippen LogP contribution in [0.5, 0.6) is 0 Å². The SMILES string of the molecule is Cc1ccc(NC(=S)C(=C(O)c2cccs2)[n+]2cccc(CO)c2)c(C)c1. The van der Waals surface area contributed by atoms with Gasteiger partial charge in [-0.3, -0.25) is 0 Å². The van der Waals surface area contributed by atoms with Crippen molar-refractivity contribution >= 4 is 45.7 Å². The third kappa shape index (κ3) is 4.42. The van der Waals surface area contributed by atoms with Crippen LogP contribution in [-0.2, 0) is 6.61 Å². The third-order valence-corrected chi connectivity index (χ3v) is 5.30. The molecule has 0 amide bonds. The molecule has 138 valence electrons. The van der Waals surface area contributed by atoms with E-state index in [0.717, 1.165) is 21.7 Å². The number of thiocarbonyl (C=S) groups is 1. The molecule has 4 nitrogen and oxygen atoms in total. The van der Waals surface area contributed by atoms with Gasteiger partial charge < -0.3 is 15.5 Å². The largest absolute Gasteiger partial charge is 0.501 e. The summed E-state index contributed by atoms with van der Waals surface area (Å²) in [4.78, 5) is 1.12. The van der Waals surface area contributed by atoms with Gasteiger partial charge in [0.25, 0.3) is 5.70 Å². The first-order valence-corrected chi connectivity index (χ1v) is 9.75. The van der Waals surface area contributed by atoms with E-state index in [1.165, 1.54) is 16.9 Å². The average Bonchev–Trinajstić information content (AvgIpc) is 3.19. The fraction of sp³-hybridized carbons (Fsp3) is 0.143. The molecule has 0 bridgehead atoms. The molecule has 2 aromatic heterocycles. The molecule has 2 heterocycles. The zero-order valence-corrected chi connectivity index (χ0v) is 16.8. The predicted molar refractivity (Wildman–Crippen MR) is 115 cm³/mol. The number of aliphatic hydroxyl groups is 2. The summed E-state index contributed by atoms with van der Waals surface area (Å²) in [5.74, 6) is 0.0901. The van der Waals surface area contributed by atoms with E-state index in [4.69, 9.17) is 12.2 Å². The first-order chi connectivity index (χ1) is 13.0. The number of aliphatic hydroxyl groups excluding tert-OH is 2. The Bertz CT molecular complexity index is 995. The van der Waals surface area contributed by atoms with Gasteiger partial charge in [0.2, 0.25) is 5.76 Å². The van der Waals surface area contributed by atoms with E-state index in [9.17, 15) is 10.2 Å². The molecule has 0 aliphatic heterocycles. The van der Waals surface area contributed by atoms with Gasteiger partial charge >= 0.3 is 0 Å². The van der Waals surface area contributed by atoms with Crippen LogP contribution in [-0.4, -0.2) is 15.2 Å². The maximum absolute atomic E-state index is 10.9. The van der Waals surface area contributed by atoms with Crippen LogP contribution in [0, 0.1) is 13.8 Å². The van der Waals surface area contributed by atoms with Gasteiger partial charge in [0.15, 0.2) is 17.4 Å². The average molecular weight is 398 g/mol. The standard InChI is InChI=1S/C21H20N2O2S2/c1-14-7-8-17(15(2)11-14)22-21(26)19(20(25)18-6-4-10-27-18)23-9-3-5-16(12-23)13-24/h3-12,24H,13H2,1-2H3,(H-,22,25,26)/p+1. The van der Waals surface area contributed by atoms with E-state index in [2.05, 4.69) is 11.4 Å². The van der Waals surface area contributed by atoms with E-state index in [1.807, 2.05) is 55.6 Å². The summed E-state index contributed by atoms with van der Waals surface area (Å²) in [6.07, 6.45) is 3.56. The molecule has 3 rings (SSSR count). The van der Waals surface area contributed by atoms with Crippen molar-refractivity contribution in [2.75, 3.05) is 5.32 Å². The van der Waals surface area contributed by atoms with Crippen molar-refractivity contribution in [3.63, 3.8) is 0 Å². The molecule has 1 aromatic carbocycles. The first-order valence-electron chi connectivity index (χ1n) is 8.46. The molecule has 0 spiro atoms. The highest BCUT2D eigenvalue weighted by atomic mass is 32.1. The topological polar surface area (TPSA) is 56.4 Å². The van der Waals surface area contributed by atoms with Crippen molar-refractivity contribution < 1.29 is 14.8 Å². The van der Waals surface area contributed by atoms with Crippen molar-refractivity contribution in [1.29, 1.82) is 0 Å². The highest BCUT2D eigenvalue weighted by Crippen LogP contribution is 2.24. The smallest absolute Gasteiger partial charge is 0.289 e. The molecule has 0 unspecified atom stereocenters. The van der Waals surface area contributed by atoms with E-state index in [-0.39, 0.29) is 12.4 Å². The number of anilines is 1. The number of rotatable bonds is 5. The van der Waals surface area contributed by atoms with Crippen LogP contribution in [0.2, 0.25) is 0 Å². The number of nitrogens with zero attached hydrogens (tertiary/aromatic N) is 1. The minimum Gasteiger partial charge on any atom is -0.501 e. The van der Waals surface area contributed by atoms with Crippen molar-refractivity contribution in [3.8, 4) is 0 Å². The van der Waals surface area contributed by atoms with Crippen LogP contribution in [0.25, 0.3) is 11.5 Å². The maximum Gasteiger partial charge on any atom is 0.289 e. The number of aromatic nitrogens is 1. The molecule has 0 fully saturated rings. The molecule has 0 saturated heterocycles. The summed E-state index contributed by atoms with van der Waals surface area (Å²) >= 11 is 7.09. The number of pyridine rings is 1. The Morgan fingerprint density at radius 3 is 2.67 bits per heavy atom. The summed E-state index contributed by atoms with van der Waals surface area (Å²) in [5.41, 5.74) is 4.32. The van der Waals surface area contributed by atoms with Crippen molar-refractivity contribution in [2.24, 2.45) is 0 Å². The van der Waals surface area contributed by atoms with Crippen molar-refractivity contribution in [3.05, 3.63) is 81.8 Å². The zero-order valence-electron chi connectivity index (χ0n) is 15.1. The molecule has 0 radical (unpaired) electrons. The van der Waals surface area contributed by atoms with Gasteiger partial charge in [0.05, 0.1) is 11.5 Å². The van der Waals surface area contributed by atoms with Crippen LogP contribution in [0.15, 0.2) is 60.2 Å². The molecule has 3 N–H and O–H groups in total. The van der Waals surface area contributed by atoms with Crippen LogP contribution >= 0.6 is 23.6 Å². The summed E-state index contributed by atoms with van der Waals surface area (Å²) in [6, 6.07) is 13.4. The Balaban J connectivity index is 2.06. The van der Waals surface area contributed by atoms with Crippen LogP contribution in [0.1, 0.15) is 21.6 Å². The molecule has 0 atom stereocenters. The summed E-state index contributed by atoms with van der Waals surface area (Å²) in [6.45, 7) is 3.96. The lowest BCUT2D eigenvalue weighted by Crippen LogP contribution is -2.39. The normalized spacial score (nSPS) is 11.8. The second-order valence-electron chi connectivity index (χ2n) is 6.22. The van der Waals surface area contributed by atoms with Gasteiger partial charge in [-0.2, -0.15) is 4.57 Å². The van der Waals surface area contributed by atoms with Gasteiger partial charge in [-0.05, 0) is 43.0 Å². The molecule has 0 aliphatic carbocycles. The minimum atomic E-state index is -0.0921. The number of hydrogen-bond donors (Lipinski definition) is 3. The summed E-state index contributed by atoms with van der Waals surface area (Å²) in [7, 11) is 0. The number of benzene rings is 1. The quantitative estimate of drug-likeness (QED) is 0.257. The number of nitrogens with one attached hydrogen (secondary N) is 1. The Morgan fingerprint density at radius 2 is 2.00 bits per heavy atom. The van der Waals surface area contributed by atoms with Crippen molar-refractivity contribution in [1.82, 2.24) is 0 Å². The Morgan fingerprint density at radius 1 is 1.19 bits per heavy atom. The van der Waals surface area contributed by atoms with E-state index >= 15 is 0 Å². The van der Waals surface area contributed by atoms with Crippen LogP contribution in [0.3, 0.4) is 0 Å². The molecule has 27 heavy (non-hydrogen) atoms. The van der Waals surface area contributed by atoms with E-state index in [0.29, 0.717) is 10.7 Å². The summed E-state index contributed by atoms with van der Waals surface area (Å²) < 4.78 is 1.74. The molecule has 6 heteroatoms. The van der Waals surface area contributed by atoms with Crippen molar-refractivity contribution in [2.45, 2.75) is 20.5 Å². The predicted octanol–water partition coefficient (Wildman–Crippen LogP) is 4.47. The lowest BCUT2D eigenvalue weighted by atomic mass is 10.1. The van der Waals surface area contributed by atoms with E-state index in [1.54, 1.807) is 17.0 Å². The van der Waals surface area contributed by atoms with Gasteiger partial charge in [0, 0.05) is 17.3 Å². The number of thiophene rings is 1. The zero-order chi connectivity index (χ0) is 19.4. The Kier molecular flexibility index (Phi) is 6.01.